The Morgan fingerprint density at radius 1 is 1.35 bits per heavy atom. The number of hydrogen-bond donors (Lipinski definition) is 4. The molecule has 7 nitrogen and oxygen atoms in total. The summed E-state index contributed by atoms with van der Waals surface area (Å²) in [6, 6.07) is 8.86. The first-order chi connectivity index (χ1) is 11.1. The van der Waals surface area contributed by atoms with Crippen molar-refractivity contribution in [3.8, 4) is 11.3 Å². The number of aliphatic hydroxyl groups excluding tert-OH is 1. The second-order valence-corrected chi connectivity index (χ2v) is 4.97. The molecule has 0 aliphatic carbocycles. The average Bonchev–Trinajstić information content (AvgIpc) is 2.92. The zero-order chi connectivity index (χ0) is 16.4. The highest BCUT2D eigenvalue weighted by Gasteiger charge is 2.16. The monoisotopic (exact) mass is 310 g/mol. The van der Waals surface area contributed by atoms with Gasteiger partial charge in [0.05, 0.1) is 17.9 Å². The van der Waals surface area contributed by atoms with Crippen molar-refractivity contribution in [1.82, 2.24) is 9.97 Å². The molecule has 2 amide bonds. The van der Waals surface area contributed by atoms with Crippen LogP contribution in [-0.2, 0) is 11.4 Å². The Labute approximate surface area is 131 Å². The molecule has 3 rings (SSSR count). The lowest BCUT2D eigenvalue weighted by Gasteiger charge is -2.03. The Morgan fingerprint density at radius 2 is 2.17 bits per heavy atom. The van der Waals surface area contributed by atoms with E-state index < -0.39 is 5.91 Å². The second kappa shape index (κ2) is 5.90. The number of H-pyrrole nitrogens is 1. The van der Waals surface area contributed by atoms with Gasteiger partial charge in [0.2, 0.25) is 6.41 Å². The lowest BCUT2D eigenvalue weighted by atomic mass is 10.1. The van der Waals surface area contributed by atoms with Crippen LogP contribution in [0.15, 0.2) is 36.5 Å². The molecular weight excluding hydrogens is 296 g/mol. The van der Waals surface area contributed by atoms with E-state index in [4.69, 9.17) is 5.73 Å². The van der Waals surface area contributed by atoms with E-state index in [0.29, 0.717) is 23.0 Å². The minimum atomic E-state index is -0.631. The number of amides is 2. The summed E-state index contributed by atoms with van der Waals surface area (Å²) in [7, 11) is 0. The van der Waals surface area contributed by atoms with E-state index in [0.717, 1.165) is 11.1 Å². The molecule has 0 fully saturated rings. The van der Waals surface area contributed by atoms with Crippen LogP contribution in [0.25, 0.3) is 22.2 Å². The van der Waals surface area contributed by atoms with Crippen molar-refractivity contribution in [2.75, 3.05) is 5.32 Å². The maximum Gasteiger partial charge on any atom is 0.253 e. The van der Waals surface area contributed by atoms with E-state index in [2.05, 4.69) is 15.3 Å². The number of nitrogens with one attached hydrogen (secondary N) is 2. The number of aliphatic hydroxyl groups is 1. The van der Waals surface area contributed by atoms with E-state index in [-0.39, 0.29) is 18.0 Å². The van der Waals surface area contributed by atoms with Crippen LogP contribution >= 0.6 is 0 Å². The number of nitrogens with two attached hydrogens (primary N) is 1. The van der Waals surface area contributed by atoms with Gasteiger partial charge in [-0.15, -0.1) is 0 Å². The standard InChI is InChI=1S/C16H14N4O3/c17-15(23)14-11-2-1-10(6-13(11)20-16(14)19-8-22)12-5-9(7-21)3-4-18-12/h1-6,8,20-21H,7H2,(H2,17,23)(H,19,22). The molecule has 1 aromatic carbocycles. The maximum absolute atomic E-state index is 11.6. The fourth-order valence-electron chi connectivity index (χ4n) is 2.51. The number of carbonyl (C=O) groups excluding carboxylic acids is 2. The normalized spacial score (nSPS) is 10.7. The summed E-state index contributed by atoms with van der Waals surface area (Å²) in [5, 5.41) is 12.3. The van der Waals surface area contributed by atoms with Crippen LogP contribution in [0.2, 0.25) is 0 Å². The first-order valence-corrected chi connectivity index (χ1v) is 6.86. The van der Waals surface area contributed by atoms with E-state index >= 15 is 0 Å². The molecule has 0 spiro atoms. The average molecular weight is 310 g/mol. The predicted octanol–water partition coefficient (Wildman–Crippen LogP) is 1.39. The zero-order valence-electron chi connectivity index (χ0n) is 12.0. The molecule has 0 atom stereocenters. The van der Waals surface area contributed by atoms with E-state index in [1.54, 1.807) is 36.5 Å². The van der Waals surface area contributed by atoms with Crippen LogP contribution in [0.1, 0.15) is 15.9 Å². The van der Waals surface area contributed by atoms with Crippen LogP contribution < -0.4 is 11.1 Å². The molecule has 2 heterocycles. The van der Waals surface area contributed by atoms with E-state index in [1.807, 2.05) is 0 Å². The number of primary amides is 1. The third-order valence-electron chi connectivity index (χ3n) is 3.55. The number of benzene rings is 1. The number of nitrogens with zero attached hydrogens (tertiary/aromatic N) is 1. The van der Waals surface area contributed by atoms with Crippen molar-refractivity contribution >= 4 is 29.0 Å². The molecule has 2 aromatic heterocycles. The maximum atomic E-state index is 11.6. The van der Waals surface area contributed by atoms with Gasteiger partial charge in [0, 0.05) is 22.7 Å². The lowest BCUT2D eigenvalue weighted by molar-refractivity contribution is -0.105. The Morgan fingerprint density at radius 3 is 2.87 bits per heavy atom. The Bertz CT molecular complexity index is 901. The van der Waals surface area contributed by atoms with Gasteiger partial charge in [0.15, 0.2) is 0 Å². The SMILES string of the molecule is NC(=O)c1c(NC=O)[nH]c2cc(-c3cc(CO)ccn3)ccc12. The molecular formula is C16H14N4O3. The van der Waals surface area contributed by atoms with Gasteiger partial charge in [-0.05, 0) is 23.8 Å². The molecule has 0 bridgehead atoms. The number of carbonyl (C=O) groups is 2. The lowest BCUT2D eigenvalue weighted by Crippen LogP contribution is -2.13. The second-order valence-electron chi connectivity index (χ2n) is 4.97. The van der Waals surface area contributed by atoms with Crippen molar-refractivity contribution in [2.24, 2.45) is 5.73 Å². The number of fused-ring (bicyclic) bond motifs is 1. The number of pyridine rings is 1. The largest absolute Gasteiger partial charge is 0.392 e. The summed E-state index contributed by atoms with van der Waals surface area (Å²) in [5.74, 6) is -0.370. The number of rotatable bonds is 5. The Balaban J connectivity index is 2.15. The smallest absolute Gasteiger partial charge is 0.253 e. The first-order valence-electron chi connectivity index (χ1n) is 6.86. The van der Waals surface area contributed by atoms with E-state index in [1.165, 1.54) is 0 Å². The minimum absolute atomic E-state index is 0.0699. The zero-order valence-corrected chi connectivity index (χ0v) is 12.0. The number of aromatic amines is 1. The summed E-state index contributed by atoms with van der Waals surface area (Å²) in [5.41, 5.74) is 8.52. The fourth-order valence-corrected chi connectivity index (χ4v) is 2.51. The molecule has 0 saturated carbocycles. The van der Waals surface area contributed by atoms with Crippen LogP contribution in [-0.4, -0.2) is 27.4 Å². The van der Waals surface area contributed by atoms with Crippen LogP contribution in [0.4, 0.5) is 5.82 Å². The van der Waals surface area contributed by atoms with Crippen LogP contribution in [0.5, 0.6) is 0 Å². The molecule has 0 unspecified atom stereocenters. The molecule has 116 valence electrons. The molecule has 5 N–H and O–H groups in total. The van der Waals surface area contributed by atoms with Crippen LogP contribution in [0.3, 0.4) is 0 Å². The molecule has 23 heavy (non-hydrogen) atoms. The Kier molecular flexibility index (Phi) is 3.78. The van der Waals surface area contributed by atoms with Gasteiger partial charge >= 0.3 is 0 Å². The van der Waals surface area contributed by atoms with Gasteiger partial charge in [-0.3, -0.25) is 14.6 Å². The molecule has 0 aliphatic heterocycles. The van der Waals surface area contributed by atoms with Gasteiger partial charge < -0.3 is 21.1 Å². The Hall–Kier alpha value is -3.19. The number of anilines is 1. The van der Waals surface area contributed by atoms with Gasteiger partial charge in [0.1, 0.15) is 5.82 Å². The number of aromatic nitrogens is 2. The molecule has 7 heteroatoms. The van der Waals surface area contributed by atoms with Crippen molar-refractivity contribution in [1.29, 1.82) is 0 Å². The minimum Gasteiger partial charge on any atom is -0.392 e. The van der Waals surface area contributed by atoms with Crippen molar-refractivity contribution < 1.29 is 14.7 Å². The van der Waals surface area contributed by atoms with Crippen molar-refractivity contribution in [3.05, 3.63) is 47.7 Å². The summed E-state index contributed by atoms with van der Waals surface area (Å²) >= 11 is 0. The molecule has 0 radical (unpaired) electrons. The summed E-state index contributed by atoms with van der Waals surface area (Å²) in [6.45, 7) is -0.0699. The van der Waals surface area contributed by atoms with Crippen molar-refractivity contribution in [2.45, 2.75) is 6.61 Å². The highest BCUT2D eigenvalue weighted by molar-refractivity contribution is 6.12. The quantitative estimate of drug-likeness (QED) is 0.532. The molecule has 0 aliphatic rings. The van der Waals surface area contributed by atoms with Gasteiger partial charge in [-0.2, -0.15) is 0 Å². The highest BCUT2D eigenvalue weighted by Crippen LogP contribution is 2.29. The fraction of sp³-hybridized carbons (Fsp3) is 0.0625. The molecule has 3 aromatic rings. The van der Waals surface area contributed by atoms with Crippen LogP contribution in [0, 0.1) is 0 Å². The molecule has 0 saturated heterocycles. The summed E-state index contributed by atoms with van der Waals surface area (Å²) in [6.07, 6.45) is 2.10. The summed E-state index contributed by atoms with van der Waals surface area (Å²) < 4.78 is 0. The third kappa shape index (κ3) is 2.65. The first kappa shape index (κ1) is 14.7. The predicted molar refractivity (Wildman–Crippen MR) is 85.7 cm³/mol. The number of hydrogen-bond acceptors (Lipinski definition) is 4. The van der Waals surface area contributed by atoms with Crippen molar-refractivity contribution in [3.63, 3.8) is 0 Å². The van der Waals surface area contributed by atoms with Gasteiger partial charge in [-0.1, -0.05) is 12.1 Å². The van der Waals surface area contributed by atoms with Gasteiger partial charge in [0.25, 0.3) is 5.91 Å². The topological polar surface area (TPSA) is 121 Å². The summed E-state index contributed by atoms with van der Waals surface area (Å²) in [4.78, 5) is 29.5. The van der Waals surface area contributed by atoms with E-state index in [9.17, 15) is 14.7 Å². The van der Waals surface area contributed by atoms with Gasteiger partial charge in [-0.25, -0.2) is 0 Å². The highest BCUT2D eigenvalue weighted by atomic mass is 16.3. The third-order valence-corrected chi connectivity index (χ3v) is 3.55.